The molecule has 0 fully saturated rings. The number of aliphatic hydroxyl groups is 1. The number of aliphatic hydroxyl groups excluding tert-OH is 1. The van der Waals surface area contributed by atoms with Gasteiger partial charge in [-0.15, -0.1) is 0 Å². The molecule has 0 aliphatic heterocycles. The van der Waals surface area contributed by atoms with Crippen LogP contribution >= 0.6 is 0 Å². The van der Waals surface area contributed by atoms with Gasteiger partial charge in [-0.25, -0.2) is 4.68 Å². The highest BCUT2D eigenvalue weighted by molar-refractivity contribution is 5.30. The first-order chi connectivity index (χ1) is 7.18. The Morgan fingerprint density at radius 2 is 2.00 bits per heavy atom. The predicted octanol–water partition coefficient (Wildman–Crippen LogP) is 1.22. The largest absolute Gasteiger partial charge is 0.387 e. The summed E-state index contributed by atoms with van der Waals surface area (Å²) < 4.78 is 1.40. The Kier molecular flexibility index (Phi) is 2.43. The lowest BCUT2D eigenvalue weighted by Crippen LogP contribution is -2.13. The monoisotopic (exact) mass is 204 g/mol. The van der Waals surface area contributed by atoms with Gasteiger partial charge in [-0.05, 0) is 19.1 Å². The molecule has 2 rings (SSSR count). The van der Waals surface area contributed by atoms with Gasteiger partial charge in [0.15, 0.2) is 0 Å². The van der Waals surface area contributed by atoms with Gasteiger partial charge in [-0.3, -0.25) is 9.89 Å². The van der Waals surface area contributed by atoms with Crippen molar-refractivity contribution in [3.05, 3.63) is 52.4 Å². The molecule has 2 aromatic rings. The maximum absolute atomic E-state index is 11.6. The topological polar surface area (TPSA) is 58.0 Å². The summed E-state index contributed by atoms with van der Waals surface area (Å²) in [6.07, 6.45) is -0.664. The summed E-state index contributed by atoms with van der Waals surface area (Å²) in [6.45, 7) is 1.61. The lowest BCUT2D eigenvalue weighted by Gasteiger charge is -2.02. The molecular formula is C11H12N2O2. The van der Waals surface area contributed by atoms with Crippen LogP contribution < -0.4 is 5.56 Å². The van der Waals surface area contributed by atoms with E-state index in [1.165, 1.54) is 10.7 Å². The molecule has 0 aliphatic rings. The summed E-state index contributed by atoms with van der Waals surface area (Å²) in [5, 5.41) is 12.2. The summed E-state index contributed by atoms with van der Waals surface area (Å²) in [5.41, 5.74) is 1.11. The number of benzene rings is 1. The van der Waals surface area contributed by atoms with Crippen LogP contribution in [0.2, 0.25) is 0 Å². The molecule has 1 unspecified atom stereocenters. The van der Waals surface area contributed by atoms with Crippen molar-refractivity contribution in [3.63, 3.8) is 0 Å². The van der Waals surface area contributed by atoms with Crippen molar-refractivity contribution in [2.45, 2.75) is 13.0 Å². The maximum atomic E-state index is 11.6. The number of H-pyrrole nitrogens is 1. The zero-order chi connectivity index (χ0) is 10.8. The fourth-order valence-corrected chi connectivity index (χ4v) is 1.40. The molecule has 4 nitrogen and oxygen atoms in total. The second-order valence-corrected chi connectivity index (χ2v) is 3.40. The Balaban J connectivity index is 2.50. The minimum absolute atomic E-state index is 0.169. The summed E-state index contributed by atoms with van der Waals surface area (Å²) in [6, 6.07) is 10.6. The van der Waals surface area contributed by atoms with Gasteiger partial charge < -0.3 is 5.11 Å². The van der Waals surface area contributed by atoms with Crippen LogP contribution in [0.1, 0.15) is 18.7 Å². The van der Waals surface area contributed by atoms with Crippen LogP contribution in [-0.4, -0.2) is 14.9 Å². The first-order valence-corrected chi connectivity index (χ1v) is 4.74. The molecule has 1 aromatic heterocycles. The van der Waals surface area contributed by atoms with Crippen LogP contribution in [0, 0.1) is 0 Å². The highest BCUT2D eigenvalue weighted by Gasteiger charge is 2.07. The number of aromatic nitrogens is 2. The van der Waals surface area contributed by atoms with Crippen LogP contribution in [0.3, 0.4) is 0 Å². The van der Waals surface area contributed by atoms with Crippen LogP contribution in [0.4, 0.5) is 0 Å². The Bertz CT molecular complexity index is 497. The standard InChI is InChI=1S/C11H12N2O2/c1-8(14)10-7-11(15)13(12-10)9-5-3-2-4-6-9/h2-8,12,14H,1H3. The quantitative estimate of drug-likeness (QED) is 0.772. The van der Waals surface area contributed by atoms with Gasteiger partial charge in [0.2, 0.25) is 0 Å². The smallest absolute Gasteiger partial charge is 0.271 e. The zero-order valence-corrected chi connectivity index (χ0v) is 8.34. The van der Waals surface area contributed by atoms with Gasteiger partial charge in [0.25, 0.3) is 5.56 Å². The average molecular weight is 204 g/mol. The number of aromatic amines is 1. The number of hydrogen-bond donors (Lipinski definition) is 2. The van der Waals surface area contributed by atoms with Gasteiger partial charge >= 0.3 is 0 Å². The SMILES string of the molecule is CC(O)c1cc(=O)n(-c2ccccc2)[nH]1. The predicted molar refractivity (Wildman–Crippen MR) is 57.0 cm³/mol. The number of hydrogen-bond acceptors (Lipinski definition) is 2. The molecule has 1 atom stereocenters. The van der Waals surface area contributed by atoms with Crippen LogP contribution in [-0.2, 0) is 0 Å². The van der Waals surface area contributed by atoms with Gasteiger partial charge in [0.05, 0.1) is 17.5 Å². The average Bonchev–Trinajstić information content (AvgIpc) is 2.62. The van der Waals surface area contributed by atoms with Crippen LogP contribution in [0.5, 0.6) is 0 Å². The van der Waals surface area contributed by atoms with Gasteiger partial charge in [0.1, 0.15) is 0 Å². The van der Waals surface area contributed by atoms with E-state index in [0.717, 1.165) is 5.69 Å². The molecule has 0 spiro atoms. The molecule has 0 radical (unpaired) electrons. The Labute approximate surface area is 86.8 Å². The third-order valence-corrected chi connectivity index (χ3v) is 2.20. The van der Waals surface area contributed by atoms with Crippen molar-refractivity contribution in [3.8, 4) is 5.69 Å². The summed E-state index contributed by atoms with van der Waals surface area (Å²) in [4.78, 5) is 11.6. The number of nitrogens with zero attached hydrogens (tertiary/aromatic N) is 1. The second kappa shape index (κ2) is 3.74. The first-order valence-electron chi connectivity index (χ1n) is 4.74. The van der Waals surface area contributed by atoms with Crippen molar-refractivity contribution in [2.75, 3.05) is 0 Å². The van der Waals surface area contributed by atoms with E-state index in [1.54, 1.807) is 6.92 Å². The van der Waals surface area contributed by atoms with Crippen LogP contribution in [0.25, 0.3) is 5.69 Å². The molecule has 4 heteroatoms. The highest BCUT2D eigenvalue weighted by atomic mass is 16.3. The number of para-hydroxylation sites is 1. The van der Waals surface area contributed by atoms with Crippen molar-refractivity contribution < 1.29 is 5.11 Å². The van der Waals surface area contributed by atoms with E-state index in [0.29, 0.717) is 5.69 Å². The Morgan fingerprint density at radius 3 is 2.53 bits per heavy atom. The number of rotatable bonds is 2. The molecule has 2 N–H and O–H groups in total. The lowest BCUT2D eigenvalue weighted by atomic mass is 10.3. The fourth-order valence-electron chi connectivity index (χ4n) is 1.40. The molecule has 1 heterocycles. The first kappa shape index (κ1) is 9.73. The summed E-state index contributed by atoms with van der Waals surface area (Å²) in [5.74, 6) is 0. The van der Waals surface area contributed by atoms with Crippen molar-refractivity contribution in [1.29, 1.82) is 0 Å². The maximum Gasteiger partial charge on any atom is 0.271 e. The van der Waals surface area contributed by atoms with Gasteiger partial charge in [-0.1, -0.05) is 18.2 Å². The molecule has 0 amide bonds. The fraction of sp³-hybridized carbons (Fsp3) is 0.182. The minimum atomic E-state index is -0.664. The third kappa shape index (κ3) is 1.85. The van der Waals surface area contributed by atoms with E-state index in [4.69, 9.17) is 0 Å². The summed E-state index contributed by atoms with van der Waals surface area (Å²) >= 11 is 0. The molecule has 0 aliphatic carbocycles. The van der Waals surface area contributed by atoms with Crippen molar-refractivity contribution in [2.24, 2.45) is 0 Å². The van der Waals surface area contributed by atoms with E-state index in [1.807, 2.05) is 30.3 Å². The van der Waals surface area contributed by atoms with E-state index < -0.39 is 6.10 Å². The Hall–Kier alpha value is -1.81. The van der Waals surface area contributed by atoms with E-state index in [2.05, 4.69) is 5.10 Å². The van der Waals surface area contributed by atoms with Gasteiger partial charge in [-0.2, -0.15) is 0 Å². The van der Waals surface area contributed by atoms with E-state index in [-0.39, 0.29) is 5.56 Å². The zero-order valence-electron chi connectivity index (χ0n) is 8.34. The highest BCUT2D eigenvalue weighted by Crippen LogP contribution is 2.08. The second-order valence-electron chi connectivity index (χ2n) is 3.40. The molecule has 78 valence electrons. The molecule has 15 heavy (non-hydrogen) atoms. The lowest BCUT2D eigenvalue weighted by molar-refractivity contribution is 0.193. The van der Waals surface area contributed by atoms with Crippen molar-refractivity contribution in [1.82, 2.24) is 9.78 Å². The Morgan fingerprint density at radius 1 is 1.33 bits per heavy atom. The third-order valence-electron chi connectivity index (χ3n) is 2.20. The number of nitrogens with one attached hydrogen (secondary N) is 1. The van der Waals surface area contributed by atoms with Crippen molar-refractivity contribution >= 4 is 0 Å². The van der Waals surface area contributed by atoms with E-state index in [9.17, 15) is 9.90 Å². The minimum Gasteiger partial charge on any atom is -0.387 e. The molecule has 0 saturated heterocycles. The molecule has 0 bridgehead atoms. The normalized spacial score (nSPS) is 12.7. The molecular weight excluding hydrogens is 192 g/mol. The molecule has 0 saturated carbocycles. The van der Waals surface area contributed by atoms with E-state index >= 15 is 0 Å². The van der Waals surface area contributed by atoms with Crippen LogP contribution in [0.15, 0.2) is 41.2 Å². The molecule has 1 aromatic carbocycles. The van der Waals surface area contributed by atoms with Gasteiger partial charge in [0, 0.05) is 6.07 Å². The summed E-state index contributed by atoms with van der Waals surface area (Å²) in [7, 11) is 0.